The van der Waals surface area contributed by atoms with E-state index in [0.717, 1.165) is 5.92 Å². The van der Waals surface area contributed by atoms with Crippen molar-refractivity contribution in [1.29, 1.82) is 0 Å². The van der Waals surface area contributed by atoms with Crippen molar-refractivity contribution < 1.29 is 5.11 Å². The molecule has 2 aliphatic carbocycles. The zero-order valence-electron chi connectivity index (χ0n) is 11.2. The van der Waals surface area contributed by atoms with Crippen molar-refractivity contribution >= 4 is 0 Å². The summed E-state index contributed by atoms with van der Waals surface area (Å²) in [6, 6.07) is 0. The molecule has 0 unspecified atom stereocenters. The SMILES string of the molecule is CC1=CC[C@@]2(CC1)[C@@H](C(C)(C)O)CC[C@@H]2C. The Balaban J connectivity index is 2.29. The van der Waals surface area contributed by atoms with Crippen molar-refractivity contribution in [2.45, 2.75) is 65.4 Å². The maximum Gasteiger partial charge on any atom is 0.0625 e. The molecule has 0 heterocycles. The van der Waals surface area contributed by atoms with Gasteiger partial charge in [0.25, 0.3) is 0 Å². The second-order valence-corrected chi connectivity index (χ2v) is 6.67. The minimum absolute atomic E-state index is 0.387. The summed E-state index contributed by atoms with van der Waals surface area (Å²) in [5.74, 6) is 1.26. The molecular weight excluding hydrogens is 196 g/mol. The fraction of sp³-hybridized carbons (Fsp3) is 0.867. The summed E-state index contributed by atoms with van der Waals surface area (Å²) >= 11 is 0. The van der Waals surface area contributed by atoms with Crippen molar-refractivity contribution in [3.05, 3.63) is 11.6 Å². The van der Waals surface area contributed by atoms with Crippen LogP contribution in [0, 0.1) is 17.3 Å². The largest absolute Gasteiger partial charge is 0.390 e. The molecule has 3 atom stereocenters. The lowest BCUT2D eigenvalue weighted by Crippen LogP contribution is -2.43. The Morgan fingerprint density at radius 2 is 2.06 bits per heavy atom. The van der Waals surface area contributed by atoms with Crippen molar-refractivity contribution in [3.63, 3.8) is 0 Å². The summed E-state index contributed by atoms with van der Waals surface area (Å²) in [5, 5.41) is 10.4. The van der Waals surface area contributed by atoms with Gasteiger partial charge in [0.2, 0.25) is 0 Å². The van der Waals surface area contributed by atoms with E-state index in [0.29, 0.717) is 11.3 Å². The van der Waals surface area contributed by atoms with E-state index in [9.17, 15) is 5.11 Å². The third-order valence-corrected chi connectivity index (χ3v) is 5.23. The number of hydrogen-bond donors (Lipinski definition) is 1. The molecule has 1 fully saturated rings. The minimum atomic E-state index is -0.510. The van der Waals surface area contributed by atoms with Gasteiger partial charge in [0.15, 0.2) is 0 Å². The van der Waals surface area contributed by atoms with Crippen LogP contribution in [0.1, 0.15) is 59.8 Å². The second kappa shape index (κ2) is 3.87. The average molecular weight is 222 g/mol. The Kier molecular flexibility index (Phi) is 2.94. The molecule has 0 aliphatic heterocycles. The summed E-state index contributed by atoms with van der Waals surface area (Å²) in [4.78, 5) is 0. The lowest BCUT2D eigenvalue weighted by molar-refractivity contribution is -0.0507. The van der Waals surface area contributed by atoms with Gasteiger partial charge >= 0.3 is 0 Å². The molecule has 92 valence electrons. The van der Waals surface area contributed by atoms with Gasteiger partial charge in [0.05, 0.1) is 5.60 Å². The van der Waals surface area contributed by atoms with Gasteiger partial charge in [-0.05, 0) is 70.1 Å². The second-order valence-electron chi connectivity index (χ2n) is 6.67. The summed E-state index contributed by atoms with van der Waals surface area (Å²) in [5.41, 5.74) is 1.42. The van der Waals surface area contributed by atoms with Gasteiger partial charge in [-0.3, -0.25) is 0 Å². The normalized spacial score (nSPS) is 40.2. The predicted molar refractivity (Wildman–Crippen MR) is 68.2 cm³/mol. The van der Waals surface area contributed by atoms with Crippen LogP contribution >= 0.6 is 0 Å². The number of hydrogen-bond acceptors (Lipinski definition) is 1. The lowest BCUT2D eigenvalue weighted by Gasteiger charge is -2.46. The van der Waals surface area contributed by atoms with Crippen LogP contribution in [0.4, 0.5) is 0 Å². The van der Waals surface area contributed by atoms with E-state index in [4.69, 9.17) is 0 Å². The van der Waals surface area contributed by atoms with Gasteiger partial charge < -0.3 is 5.11 Å². The molecular formula is C15H26O. The number of allylic oxidation sites excluding steroid dienone is 2. The highest BCUT2D eigenvalue weighted by atomic mass is 16.3. The third-order valence-electron chi connectivity index (χ3n) is 5.23. The number of aliphatic hydroxyl groups is 1. The molecule has 1 saturated carbocycles. The lowest BCUT2D eigenvalue weighted by atomic mass is 9.60. The Morgan fingerprint density at radius 1 is 1.38 bits per heavy atom. The Hall–Kier alpha value is -0.300. The molecule has 2 aliphatic rings. The van der Waals surface area contributed by atoms with Crippen LogP contribution in [0.15, 0.2) is 11.6 Å². The summed E-state index contributed by atoms with van der Waals surface area (Å²) < 4.78 is 0. The fourth-order valence-electron chi connectivity index (χ4n) is 4.15. The molecule has 2 rings (SSSR count). The van der Waals surface area contributed by atoms with E-state index >= 15 is 0 Å². The summed E-state index contributed by atoms with van der Waals surface area (Å²) in [6.07, 6.45) is 8.62. The van der Waals surface area contributed by atoms with Crippen LogP contribution < -0.4 is 0 Å². The first-order valence-electron chi connectivity index (χ1n) is 6.74. The standard InChI is InChI=1S/C15H26O/c1-11-7-9-15(10-8-11)12(2)5-6-13(15)14(3,4)16/h7,12-13,16H,5-6,8-10H2,1-4H3/t12-,13+,15-/m0/s1. The van der Waals surface area contributed by atoms with E-state index in [1.807, 2.05) is 13.8 Å². The smallest absolute Gasteiger partial charge is 0.0625 e. The highest BCUT2D eigenvalue weighted by Crippen LogP contribution is 2.58. The first-order chi connectivity index (χ1) is 7.36. The van der Waals surface area contributed by atoms with Gasteiger partial charge in [-0.25, -0.2) is 0 Å². The highest BCUT2D eigenvalue weighted by Gasteiger charge is 2.52. The molecule has 1 N–H and O–H groups in total. The molecule has 0 aromatic heterocycles. The molecule has 1 heteroatoms. The molecule has 0 saturated heterocycles. The molecule has 1 spiro atoms. The molecule has 0 bridgehead atoms. The first-order valence-corrected chi connectivity index (χ1v) is 6.74. The van der Waals surface area contributed by atoms with Crippen molar-refractivity contribution in [1.82, 2.24) is 0 Å². The maximum atomic E-state index is 10.4. The zero-order valence-corrected chi connectivity index (χ0v) is 11.2. The molecule has 0 amide bonds. The molecule has 0 radical (unpaired) electrons. The van der Waals surface area contributed by atoms with E-state index < -0.39 is 5.60 Å². The topological polar surface area (TPSA) is 20.2 Å². The quantitative estimate of drug-likeness (QED) is 0.667. The van der Waals surface area contributed by atoms with Crippen LogP contribution in [-0.4, -0.2) is 10.7 Å². The van der Waals surface area contributed by atoms with Gasteiger partial charge in [0.1, 0.15) is 0 Å². The highest BCUT2D eigenvalue weighted by molar-refractivity contribution is 5.13. The predicted octanol–water partition coefficient (Wildman–Crippen LogP) is 3.92. The van der Waals surface area contributed by atoms with Gasteiger partial charge in [0, 0.05) is 0 Å². The molecule has 0 aromatic carbocycles. The Bertz CT molecular complexity index is 297. The first kappa shape index (κ1) is 12.2. The van der Waals surface area contributed by atoms with Crippen LogP contribution in [-0.2, 0) is 0 Å². The van der Waals surface area contributed by atoms with Gasteiger partial charge in [-0.2, -0.15) is 0 Å². The molecule has 16 heavy (non-hydrogen) atoms. The van der Waals surface area contributed by atoms with E-state index in [1.165, 1.54) is 32.1 Å². The van der Waals surface area contributed by atoms with Crippen LogP contribution in [0.3, 0.4) is 0 Å². The third kappa shape index (κ3) is 1.84. The van der Waals surface area contributed by atoms with Crippen molar-refractivity contribution in [3.8, 4) is 0 Å². The number of rotatable bonds is 1. The minimum Gasteiger partial charge on any atom is -0.390 e. The van der Waals surface area contributed by atoms with Crippen molar-refractivity contribution in [2.75, 3.05) is 0 Å². The van der Waals surface area contributed by atoms with E-state index in [2.05, 4.69) is 19.9 Å². The van der Waals surface area contributed by atoms with E-state index in [1.54, 1.807) is 5.57 Å². The molecule has 1 nitrogen and oxygen atoms in total. The molecule has 0 aromatic rings. The maximum absolute atomic E-state index is 10.4. The monoisotopic (exact) mass is 222 g/mol. The van der Waals surface area contributed by atoms with Crippen LogP contribution in [0.2, 0.25) is 0 Å². The van der Waals surface area contributed by atoms with Crippen LogP contribution in [0.5, 0.6) is 0 Å². The van der Waals surface area contributed by atoms with Crippen LogP contribution in [0.25, 0.3) is 0 Å². The fourth-order valence-corrected chi connectivity index (χ4v) is 4.15. The van der Waals surface area contributed by atoms with Crippen molar-refractivity contribution in [2.24, 2.45) is 17.3 Å². The average Bonchev–Trinajstić information content (AvgIpc) is 2.49. The van der Waals surface area contributed by atoms with E-state index in [-0.39, 0.29) is 0 Å². The summed E-state index contributed by atoms with van der Waals surface area (Å²) in [6.45, 7) is 8.64. The summed E-state index contributed by atoms with van der Waals surface area (Å²) in [7, 11) is 0. The Morgan fingerprint density at radius 3 is 2.56 bits per heavy atom. The zero-order chi connectivity index (χ0) is 12.0. The van der Waals surface area contributed by atoms with Gasteiger partial charge in [-0.15, -0.1) is 0 Å². The van der Waals surface area contributed by atoms with Gasteiger partial charge in [-0.1, -0.05) is 18.6 Å². The Labute approximate surface area is 99.9 Å².